The number of hydrogen-bond acceptors (Lipinski definition) is 3. The first-order valence-electron chi connectivity index (χ1n) is 5.86. The number of nitrogens with zero attached hydrogens (tertiary/aromatic N) is 1. The van der Waals surface area contributed by atoms with Gasteiger partial charge in [-0.05, 0) is 47.6 Å². The number of carbonyl (C=O) groups is 1. The van der Waals surface area contributed by atoms with E-state index in [1.807, 2.05) is 0 Å². The standard InChI is InChI=1S/C12H27N3O/c1-7-11(3,4)15(6)9(2)8-12(5,14)10(13)16/h9H,7-8,14H2,1-6H3,(H2,13,16). The van der Waals surface area contributed by atoms with Gasteiger partial charge in [0.2, 0.25) is 5.91 Å². The van der Waals surface area contributed by atoms with E-state index in [4.69, 9.17) is 11.5 Å². The maximum atomic E-state index is 11.2. The van der Waals surface area contributed by atoms with E-state index in [1.54, 1.807) is 6.92 Å². The lowest BCUT2D eigenvalue weighted by Crippen LogP contribution is -2.55. The van der Waals surface area contributed by atoms with Crippen LogP contribution in [0, 0.1) is 0 Å². The van der Waals surface area contributed by atoms with Crippen LogP contribution in [0.4, 0.5) is 0 Å². The molecule has 2 atom stereocenters. The average Bonchev–Trinajstić information content (AvgIpc) is 2.15. The summed E-state index contributed by atoms with van der Waals surface area (Å²) < 4.78 is 0. The molecule has 0 aromatic rings. The van der Waals surface area contributed by atoms with E-state index >= 15 is 0 Å². The average molecular weight is 229 g/mol. The molecule has 4 heteroatoms. The molecule has 0 saturated heterocycles. The largest absolute Gasteiger partial charge is 0.368 e. The second-order valence-electron chi connectivity index (χ2n) is 5.61. The molecule has 4 N–H and O–H groups in total. The minimum Gasteiger partial charge on any atom is -0.368 e. The zero-order valence-electron chi connectivity index (χ0n) is 11.5. The van der Waals surface area contributed by atoms with E-state index in [9.17, 15) is 4.79 Å². The SMILES string of the molecule is CCC(C)(C)N(C)C(C)CC(C)(N)C(N)=O. The summed E-state index contributed by atoms with van der Waals surface area (Å²) in [6.45, 7) is 10.3. The molecule has 0 radical (unpaired) electrons. The minimum absolute atomic E-state index is 0.104. The fraction of sp³-hybridized carbons (Fsp3) is 0.917. The predicted molar refractivity (Wildman–Crippen MR) is 68.0 cm³/mol. The van der Waals surface area contributed by atoms with Crippen LogP contribution < -0.4 is 11.5 Å². The molecule has 0 spiro atoms. The molecule has 0 aliphatic carbocycles. The van der Waals surface area contributed by atoms with Crippen LogP contribution in [0.2, 0.25) is 0 Å². The van der Waals surface area contributed by atoms with E-state index in [1.165, 1.54) is 0 Å². The topological polar surface area (TPSA) is 72.3 Å². The van der Waals surface area contributed by atoms with Gasteiger partial charge in [-0.1, -0.05) is 6.92 Å². The lowest BCUT2D eigenvalue weighted by Gasteiger charge is -2.41. The van der Waals surface area contributed by atoms with Gasteiger partial charge in [0.15, 0.2) is 0 Å². The zero-order valence-corrected chi connectivity index (χ0v) is 11.5. The summed E-state index contributed by atoms with van der Waals surface area (Å²) in [5, 5.41) is 0. The van der Waals surface area contributed by atoms with Crippen LogP contribution in [0.15, 0.2) is 0 Å². The van der Waals surface area contributed by atoms with Gasteiger partial charge in [0.05, 0.1) is 5.54 Å². The highest BCUT2D eigenvalue weighted by Gasteiger charge is 2.33. The van der Waals surface area contributed by atoms with E-state index in [2.05, 4.69) is 39.6 Å². The molecule has 96 valence electrons. The van der Waals surface area contributed by atoms with Gasteiger partial charge in [-0.2, -0.15) is 0 Å². The van der Waals surface area contributed by atoms with Crippen molar-refractivity contribution in [3.8, 4) is 0 Å². The number of primary amides is 1. The van der Waals surface area contributed by atoms with E-state index < -0.39 is 11.4 Å². The maximum absolute atomic E-state index is 11.2. The molecule has 0 aliphatic heterocycles. The summed E-state index contributed by atoms with van der Waals surface area (Å²) >= 11 is 0. The Bertz CT molecular complexity index is 249. The van der Waals surface area contributed by atoms with Crippen molar-refractivity contribution in [1.82, 2.24) is 4.90 Å². The van der Waals surface area contributed by atoms with Gasteiger partial charge >= 0.3 is 0 Å². The predicted octanol–water partition coefficient (Wildman–Crippen LogP) is 1.09. The van der Waals surface area contributed by atoms with Gasteiger partial charge in [0, 0.05) is 11.6 Å². The Labute approximate surface area is 99.4 Å². The molecule has 0 heterocycles. The molecule has 0 aromatic carbocycles. The highest BCUT2D eigenvalue weighted by molar-refractivity contribution is 5.83. The molecule has 0 fully saturated rings. The summed E-state index contributed by atoms with van der Waals surface area (Å²) in [5.41, 5.74) is 10.3. The summed E-state index contributed by atoms with van der Waals surface area (Å²) in [6, 6.07) is 0.220. The molecule has 0 aromatic heterocycles. The Balaban J connectivity index is 4.59. The van der Waals surface area contributed by atoms with Crippen molar-refractivity contribution in [3.63, 3.8) is 0 Å². The first kappa shape index (κ1) is 15.4. The molecular weight excluding hydrogens is 202 g/mol. The Morgan fingerprint density at radius 3 is 2.12 bits per heavy atom. The Hall–Kier alpha value is -0.610. The van der Waals surface area contributed by atoms with Gasteiger partial charge in [0.25, 0.3) is 0 Å². The second kappa shape index (κ2) is 5.15. The lowest BCUT2D eigenvalue weighted by molar-refractivity contribution is -0.123. The number of carbonyl (C=O) groups excluding carboxylic acids is 1. The molecule has 1 amide bonds. The fourth-order valence-electron chi connectivity index (χ4n) is 1.70. The van der Waals surface area contributed by atoms with Crippen molar-refractivity contribution >= 4 is 5.91 Å². The summed E-state index contributed by atoms with van der Waals surface area (Å²) in [6.07, 6.45) is 1.62. The third-order valence-corrected chi connectivity index (χ3v) is 3.76. The van der Waals surface area contributed by atoms with Crippen LogP contribution in [-0.2, 0) is 4.79 Å². The third-order valence-electron chi connectivity index (χ3n) is 3.76. The quantitative estimate of drug-likeness (QED) is 0.716. The van der Waals surface area contributed by atoms with E-state index in [0.717, 1.165) is 6.42 Å². The van der Waals surface area contributed by atoms with Crippen LogP contribution >= 0.6 is 0 Å². The lowest BCUT2D eigenvalue weighted by atomic mass is 9.90. The summed E-state index contributed by atoms with van der Waals surface area (Å²) in [7, 11) is 2.06. The summed E-state index contributed by atoms with van der Waals surface area (Å²) in [4.78, 5) is 13.4. The molecule has 0 rings (SSSR count). The first-order valence-corrected chi connectivity index (χ1v) is 5.86. The normalized spacial score (nSPS) is 18.2. The van der Waals surface area contributed by atoms with Crippen molar-refractivity contribution in [1.29, 1.82) is 0 Å². The van der Waals surface area contributed by atoms with Gasteiger partial charge in [0.1, 0.15) is 0 Å². The second-order valence-corrected chi connectivity index (χ2v) is 5.61. The molecule has 16 heavy (non-hydrogen) atoms. The Morgan fingerprint density at radius 1 is 1.38 bits per heavy atom. The van der Waals surface area contributed by atoms with Gasteiger partial charge in [-0.25, -0.2) is 0 Å². The fourth-order valence-corrected chi connectivity index (χ4v) is 1.70. The Kier molecular flexibility index (Phi) is 4.95. The monoisotopic (exact) mass is 229 g/mol. The van der Waals surface area contributed by atoms with Crippen LogP contribution in [0.25, 0.3) is 0 Å². The maximum Gasteiger partial charge on any atom is 0.237 e. The van der Waals surface area contributed by atoms with Gasteiger partial charge in [-0.15, -0.1) is 0 Å². The first-order chi connectivity index (χ1) is 7.04. The number of rotatable bonds is 6. The number of hydrogen-bond donors (Lipinski definition) is 2. The summed E-state index contributed by atoms with van der Waals surface area (Å²) in [5.74, 6) is -0.443. The van der Waals surface area contributed by atoms with Crippen LogP contribution in [0.5, 0.6) is 0 Å². The van der Waals surface area contributed by atoms with Crippen molar-refractivity contribution in [2.45, 2.75) is 64.6 Å². The molecule has 4 nitrogen and oxygen atoms in total. The van der Waals surface area contributed by atoms with E-state index in [-0.39, 0.29) is 11.6 Å². The molecule has 2 unspecified atom stereocenters. The minimum atomic E-state index is -0.933. The third kappa shape index (κ3) is 3.76. The van der Waals surface area contributed by atoms with Gasteiger partial charge < -0.3 is 11.5 Å². The van der Waals surface area contributed by atoms with Gasteiger partial charge in [-0.3, -0.25) is 9.69 Å². The van der Waals surface area contributed by atoms with Crippen molar-refractivity contribution < 1.29 is 4.79 Å². The van der Waals surface area contributed by atoms with Crippen LogP contribution in [-0.4, -0.2) is 35.0 Å². The molecule has 0 saturated carbocycles. The molecule has 0 aliphatic rings. The van der Waals surface area contributed by atoms with Crippen molar-refractivity contribution in [2.75, 3.05) is 7.05 Å². The van der Waals surface area contributed by atoms with Crippen molar-refractivity contribution in [3.05, 3.63) is 0 Å². The van der Waals surface area contributed by atoms with Crippen molar-refractivity contribution in [2.24, 2.45) is 11.5 Å². The molecular formula is C12H27N3O. The number of nitrogens with two attached hydrogens (primary N) is 2. The smallest absolute Gasteiger partial charge is 0.237 e. The van der Waals surface area contributed by atoms with E-state index in [0.29, 0.717) is 6.42 Å². The Morgan fingerprint density at radius 2 is 1.81 bits per heavy atom. The highest BCUT2D eigenvalue weighted by atomic mass is 16.1. The molecule has 0 bridgehead atoms. The van der Waals surface area contributed by atoms with Crippen LogP contribution in [0.1, 0.15) is 47.5 Å². The number of amides is 1. The highest BCUT2D eigenvalue weighted by Crippen LogP contribution is 2.23. The zero-order chi connectivity index (χ0) is 13.1. The van der Waals surface area contributed by atoms with Crippen LogP contribution in [0.3, 0.4) is 0 Å².